The van der Waals surface area contributed by atoms with E-state index in [0.717, 1.165) is 11.3 Å². The number of nitrogens with zero attached hydrogens (tertiary/aromatic N) is 6. The van der Waals surface area contributed by atoms with Gasteiger partial charge in [0, 0.05) is 14.1 Å². The number of amides is 2. The lowest BCUT2D eigenvalue weighted by Crippen LogP contribution is -2.36. The number of fused-ring (bicyclic) bond motifs is 1. The summed E-state index contributed by atoms with van der Waals surface area (Å²) >= 11 is 1.15. The topological polar surface area (TPSA) is 153 Å². The lowest BCUT2D eigenvalue weighted by atomic mass is 10.2. The molecule has 0 aliphatic heterocycles. The van der Waals surface area contributed by atoms with E-state index in [0.29, 0.717) is 20.9 Å². The highest BCUT2D eigenvalue weighted by Gasteiger charge is 2.20. The molecule has 12 heteroatoms. The third-order valence-electron chi connectivity index (χ3n) is 3.69. The van der Waals surface area contributed by atoms with Crippen molar-refractivity contribution < 1.29 is 9.59 Å². The summed E-state index contributed by atoms with van der Waals surface area (Å²) in [6, 6.07) is -0.428. The van der Waals surface area contributed by atoms with Crippen molar-refractivity contribution in [1.82, 2.24) is 35.4 Å². The van der Waals surface area contributed by atoms with Gasteiger partial charge >= 0.3 is 0 Å². The van der Waals surface area contributed by atoms with Crippen molar-refractivity contribution in [1.29, 1.82) is 0 Å². The van der Waals surface area contributed by atoms with Crippen LogP contribution in [0.1, 0.15) is 38.1 Å². The van der Waals surface area contributed by atoms with Crippen LogP contribution in [0.2, 0.25) is 0 Å². The number of nitrogens with one attached hydrogen (secondary N) is 2. The Bertz CT molecular complexity index is 1040. The van der Waals surface area contributed by atoms with Gasteiger partial charge in [0.25, 0.3) is 11.8 Å². The van der Waals surface area contributed by atoms with Crippen LogP contribution in [-0.4, -0.2) is 49.6 Å². The number of guanidine groups is 1. The fourth-order valence-electron chi connectivity index (χ4n) is 2.30. The Morgan fingerprint density at radius 2 is 2.04 bits per heavy atom. The Labute approximate surface area is 157 Å². The van der Waals surface area contributed by atoms with Crippen LogP contribution in [0.5, 0.6) is 0 Å². The molecule has 11 nitrogen and oxygen atoms in total. The van der Waals surface area contributed by atoms with Gasteiger partial charge < -0.3 is 11.1 Å². The summed E-state index contributed by atoms with van der Waals surface area (Å²) in [6.45, 7) is 1.77. The van der Waals surface area contributed by atoms with Crippen LogP contribution in [-0.2, 0) is 7.05 Å². The minimum Gasteiger partial charge on any atom is -0.370 e. The molecule has 4 N–H and O–H groups in total. The van der Waals surface area contributed by atoms with Gasteiger partial charge in [0.1, 0.15) is 21.9 Å². The van der Waals surface area contributed by atoms with Crippen molar-refractivity contribution in [2.45, 2.75) is 13.0 Å². The molecule has 0 saturated carbocycles. The Balaban J connectivity index is 1.74. The number of hydrogen-bond donors (Lipinski definition) is 3. The number of nitrogens with two attached hydrogens (primary N) is 1. The Hall–Kier alpha value is -3.41. The van der Waals surface area contributed by atoms with Crippen LogP contribution < -0.4 is 16.4 Å². The summed E-state index contributed by atoms with van der Waals surface area (Å²) in [7, 11) is 3.20. The van der Waals surface area contributed by atoms with Crippen LogP contribution in [0.3, 0.4) is 0 Å². The van der Waals surface area contributed by atoms with E-state index in [9.17, 15) is 9.59 Å². The second-order valence-electron chi connectivity index (χ2n) is 5.55. The summed E-state index contributed by atoms with van der Waals surface area (Å²) in [4.78, 5) is 41.0. The molecule has 27 heavy (non-hydrogen) atoms. The van der Waals surface area contributed by atoms with E-state index in [2.05, 4.69) is 35.7 Å². The fraction of sp³-hybridized carbons (Fsp3) is 0.267. The number of aromatic nitrogens is 5. The molecule has 0 aliphatic carbocycles. The molecule has 3 aromatic heterocycles. The molecule has 140 valence electrons. The maximum atomic E-state index is 12.6. The minimum atomic E-state index is -0.428. The molecule has 0 radical (unpaired) electrons. The molecule has 0 bridgehead atoms. The van der Waals surface area contributed by atoms with Crippen LogP contribution in [0.25, 0.3) is 11.0 Å². The highest BCUT2D eigenvalue weighted by molar-refractivity contribution is 7.13. The van der Waals surface area contributed by atoms with Gasteiger partial charge in [-0.1, -0.05) is 0 Å². The molecule has 1 atom stereocenters. The molecule has 2 amide bonds. The Kier molecular flexibility index (Phi) is 5.07. The van der Waals surface area contributed by atoms with E-state index < -0.39 is 11.9 Å². The molecule has 0 fully saturated rings. The van der Waals surface area contributed by atoms with E-state index in [1.807, 2.05) is 0 Å². The van der Waals surface area contributed by atoms with Crippen LogP contribution in [0.4, 0.5) is 0 Å². The first-order chi connectivity index (χ1) is 12.9. The number of aliphatic imine (C=N–C) groups is 1. The van der Waals surface area contributed by atoms with Crippen molar-refractivity contribution in [3.63, 3.8) is 0 Å². The second kappa shape index (κ2) is 7.45. The lowest BCUT2D eigenvalue weighted by Gasteiger charge is -2.11. The van der Waals surface area contributed by atoms with Gasteiger partial charge in [0.05, 0.1) is 23.8 Å². The maximum Gasteiger partial charge on any atom is 0.271 e. The normalized spacial score (nSPS) is 12.8. The van der Waals surface area contributed by atoms with Crippen LogP contribution in [0, 0.1) is 0 Å². The van der Waals surface area contributed by atoms with Crippen LogP contribution >= 0.6 is 11.3 Å². The third kappa shape index (κ3) is 3.74. The van der Waals surface area contributed by atoms with Crippen molar-refractivity contribution in [3.8, 4) is 0 Å². The van der Waals surface area contributed by atoms with Crippen molar-refractivity contribution in [2.24, 2.45) is 17.8 Å². The monoisotopic (exact) mass is 387 g/mol. The number of aryl methyl sites for hydroxylation is 1. The zero-order valence-corrected chi connectivity index (χ0v) is 15.6. The van der Waals surface area contributed by atoms with E-state index in [1.54, 1.807) is 24.9 Å². The molecule has 1 unspecified atom stereocenters. The summed E-state index contributed by atoms with van der Waals surface area (Å²) < 4.78 is 1.56. The summed E-state index contributed by atoms with van der Waals surface area (Å²) in [5.41, 5.74) is 6.27. The average Bonchev–Trinajstić information content (AvgIpc) is 3.29. The molecule has 3 aromatic rings. The van der Waals surface area contributed by atoms with Gasteiger partial charge in [0.2, 0.25) is 0 Å². The van der Waals surface area contributed by atoms with Gasteiger partial charge in [0.15, 0.2) is 11.6 Å². The quantitative estimate of drug-likeness (QED) is 0.420. The Morgan fingerprint density at radius 3 is 2.78 bits per heavy atom. The van der Waals surface area contributed by atoms with Gasteiger partial charge in [-0.3, -0.25) is 24.6 Å². The average molecular weight is 387 g/mol. The highest BCUT2D eigenvalue weighted by Crippen LogP contribution is 2.21. The van der Waals surface area contributed by atoms with Crippen molar-refractivity contribution in [2.75, 3.05) is 7.05 Å². The highest BCUT2D eigenvalue weighted by atomic mass is 32.1. The predicted molar refractivity (Wildman–Crippen MR) is 99.3 cm³/mol. The first-order valence-electron chi connectivity index (χ1n) is 7.83. The SMILES string of the molecule is CN=C(N)NC(=O)c1cnc(C(C)NC(=O)c2ncnc3c2cnn3C)s1. The standard InChI is InChI=1S/C15H17N9O2S/c1-7(14-18-5-9(27-14)12(25)23-15(16)17-2)22-13(26)10-8-4-21-24(3)11(8)20-6-19-10/h4-7H,1-3H3,(H,22,26)(H3,16,17,23,25). The first-order valence-corrected chi connectivity index (χ1v) is 8.65. The molecule has 0 spiro atoms. The number of thiazole rings is 1. The molecule has 0 aromatic carbocycles. The lowest BCUT2D eigenvalue weighted by molar-refractivity contribution is 0.0935. The maximum absolute atomic E-state index is 12.6. The zero-order valence-electron chi connectivity index (χ0n) is 14.8. The van der Waals surface area contributed by atoms with Gasteiger partial charge in [-0.15, -0.1) is 11.3 Å². The van der Waals surface area contributed by atoms with Gasteiger partial charge in [-0.25, -0.2) is 15.0 Å². The summed E-state index contributed by atoms with van der Waals surface area (Å²) in [5.74, 6) is -0.778. The number of carbonyl (C=O) groups is 2. The number of carbonyl (C=O) groups excluding carboxylic acids is 2. The van der Waals surface area contributed by atoms with Crippen molar-refractivity contribution in [3.05, 3.63) is 34.3 Å². The minimum absolute atomic E-state index is 0.0144. The van der Waals surface area contributed by atoms with Crippen LogP contribution in [0.15, 0.2) is 23.7 Å². The summed E-state index contributed by atoms with van der Waals surface area (Å²) in [6.07, 6.45) is 4.28. The number of hydrogen-bond acceptors (Lipinski definition) is 8. The second-order valence-corrected chi connectivity index (χ2v) is 6.61. The largest absolute Gasteiger partial charge is 0.370 e. The molecule has 3 rings (SSSR count). The molecule has 0 saturated heterocycles. The van der Waals surface area contributed by atoms with E-state index in [-0.39, 0.29) is 17.6 Å². The van der Waals surface area contributed by atoms with Gasteiger partial charge in [-0.2, -0.15) is 5.10 Å². The fourth-order valence-corrected chi connectivity index (χ4v) is 3.11. The number of rotatable bonds is 4. The molecule has 3 heterocycles. The predicted octanol–water partition coefficient (Wildman–Crippen LogP) is -0.0149. The first kappa shape index (κ1) is 18.4. The summed E-state index contributed by atoms with van der Waals surface area (Å²) in [5, 5.41) is 10.5. The van der Waals surface area contributed by atoms with E-state index in [4.69, 9.17) is 5.73 Å². The molecule has 0 aliphatic rings. The van der Waals surface area contributed by atoms with Gasteiger partial charge in [-0.05, 0) is 6.92 Å². The smallest absolute Gasteiger partial charge is 0.271 e. The Morgan fingerprint density at radius 1 is 1.26 bits per heavy atom. The molecular formula is C15H17N9O2S. The van der Waals surface area contributed by atoms with E-state index >= 15 is 0 Å². The van der Waals surface area contributed by atoms with Crippen molar-refractivity contribution >= 4 is 40.1 Å². The van der Waals surface area contributed by atoms with E-state index in [1.165, 1.54) is 19.6 Å². The molecular weight excluding hydrogens is 370 g/mol. The third-order valence-corrected chi connectivity index (χ3v) is 4.87. The zero-order chi connectivity index (χ0) is 19.6.